The van der Waals surface area contributed by atoms with Gasteiger partial charge in [-0.1, -0.05) is 11.6 Å². The van der Waals surface area contributed by atoms with Gasteiger partial charge in [0.1, 0.15) is 22.7 Å². The first kappa shape index (κ1) is 16.9. The van der Waals surface area contributed by atoms with Gasteiger partial charge < -0.3 is 5.11 Å². The number of nitrogens with one attached hydrogen (secondary N) is 2. The highest BCUT2D eigenvalue weighted by Crippen LogP contribution is 2.27. The Morgan fingerprint density at radius 1 is 1.16 bits per heavy atom. The van der Waals surface area contributed by atoms with Crippen LogP contribution >= 0.6 is 11.6 Å². The highest BCUT2D eigenvalue weighted by atomic mass is 35.5. The van der Waals surface area contributed by atoms with Crippen molar-refractivity contribution in [2.24, 2.45) is 0 Å². The van der Waals surface area contributed by atoms with E-state index in [9.17, 15) is 18.3 Å². The van der Waals surface area contributed by atoms with Crippen LogP contribution in [0.2, 0.25) is 5.02 Å². The molecule has 3 N–H and O–H groups in total. The lowest BCUT2D eigenvalue weighted by Crippen LogP contribution is -2.05. The molecule has 3 aromatic rings. The van der Waals surface area contributed by atoms with E-state index >= 15 is 0 Å². The van der Waals surface area contributed by atoms with Crippen molar-refractivity contribution in [1.82, 2.24) is 25.4 Å². The molecule has 11 heteroatoms. The summed E-state index contributed by atoms with van der Waals surface area (Å²) < 4.78 is 25.4. The molecule has 3 rings (SSSR count). The molecule has 25 heavy (non-hydrogen) atoms. The quantitative estimate of drug-likeness (QED) is 0.348. The van der Waals surface area contributed by atoms with Gasteiger partial charge in [-0.15, -0.1) is 0 Å². The normalized spacial score (nSPS) is 12.3. The number of benzene rings is 1. The highest BCUT2D eigenvalue weighted by molar-refractivity contribution is 7.91. The number of H-pyrrole nitrogens is 2. The topological polar surface area (TPSA) is 142 Å². The molecule has 0 saturated heterocycles. The Hall–Kier alpha value is -2.98. The van der Waals surface area contributed by atoms with Crippen molar-refractivity contribution in [3.05, 3.63) is 59.4 Å². The van der Waals surface area contributed by atoms with Crippen molar-refractivity contribution < 1.29 is 18.3 Å². The molecule has 128 valence electrons. The molecular weight excluding hydrogens is 370 g/mol. The number of aromatic amines is 2. The number of halogens is 1. The molecule has 9 nitrogen and oxygen atoms in total. The zero-order chi connectivity index (χ0) is 18.0. The molecule has 0 bridgehead atoms. The predicted molar refractivity (Wildman–Crippen MR) is 86.8 cm³/mol. The molecule has 1 aromatic carbocycles. The van der Waals surface area contributed by atoms with E-state index in [4.69, 9.17) is 11.6 Å². The Bertz CT molecular complexity index is 1040. The molecular formula is C14H10ClN5O4S. The second-order valence-electron chi connectivity index (χ2n) is 4.79. The fourth-order valence-corrected chi connectivity index (χ4v) is 3.48. The molecule has 0 atom stereocenters. The Labute approximate surface area is 146 Å². The number of carbonyl (C=O) groups excluding carboxylic acids is 1. The first-order valence-electron chi connectivity index (χ1n) is 6.74. The van der Waals surface area contributed by atoms with Crippen LogP contribution in [0.5, 0.6) is 0 Å². The van der Waals surface area contributed by atoms with Gasteiger partial charge in [-0.05, 0) is 24.3 Å². The van der Waals surface area contributed by atoms with E-state index in [-0.39, 0.29) is 21.3 Å². The monoisotopic (exact) mass is 379 g/mol. The minimum absolute atomic E-state index is 0.0334. The maximum absolute atomic E-state index is 12.7. The van der Waals surface area contributed by atoms with Crippen molar-refractivity contribution in [2.75, 3.05) is 0 Å². The van der Waals surface area contributed by atoms with Crippen molar-refractivity contribution in [2.45, 2.75) is 9.79 Å². The van der Waals surface area contributed by atoms with E-state index < -0.39 is 21.4 Å². The van der Waals surface area contributed by atoms with Crippen LogP contribution in [0.25, 0.3) is 5.76 Å². The fourth-order valence-electron chi connectivity index (χ4n) is 1.99. The number of sulfone groups is 1. The molecule has 0 amide bonds. The first-order valence-corrected chi connectivity index (χ1v) is 8.60. The number of aromatic nitrogens is 5. The number of hydrogen-bond acceptors (Lipinski definition) is 7. The summed E-state index contributed by atoms with van der Waals surface area (Å²) in [6.45, 7) is 0. The average Bonchev–Trinajstić information content (AvgIpc) is 3.27. The summed E-state index contributed by atoms with van der Waals surface area (Å²) >= 11 is 5.76. The van der Waals surface area contributed by atoms with Crippen LogP contribution < -0.4 is 0 Å². The zero-order valence-electron chi connectivity index (χ0n) is 12.3. The van der Waals surface area contributed by atoms with Gasteiger partial charge in [0.2, 0.25) is 15.6 Å². The standard InChI is InChI=1S/C14H10ClN5O4S/c15-8-1-3-9(4-2-8)25(23,24)12-6-17-19-13(12)10(21)5-11(22)14-16-7-18-20-14/h1-7,21H,(H,17,19)(H,16,18,20). The second-order valence-corrected chi connectivity index (χ2v) is 7.15. The number of aliphatic hydroxyl groups is 1. The lowest BCUT2D eigenvalue weighted by atomic mass is 10.2. The van der Waals surface area contributed by atoms with Crippen molar-refractivity contribution in [1.29, 1.82) is 0 Å². The lowest BCUT2D eigenvalue weighted by molar-refractivity contribution is 0.103. The largest absolute Gasteiger partial charge is 0.506 e. The number of allylic oxidation sites excluding steroid dienone is 1. The predicted octanol–water partition coefficient (Wildman–Crippen LogP) is 1.80. The molecule has 0 aliphatic carbocycles. The number of carbonyl (C=O) groups is 1. The number of hydrogen-bond donors (Lipinski definition) is 3. The molecule has 2 aromatic heterocycles. The Balaban J connectivity index is 2.00. The molecule has 0 fully saturated rings. The van der Waals surface area contributed by atoms with Crippen LogP contribution in [0.15, 0.2) is 52.7 Å². The Morgan fingerprint density at radius 2 is 1.88 bits per heavy atom. The molecule has 0 spiro atoms. The van der Waals surface area contributed by atoms with Crippen molar-refractivity contribution in [3.63, 3.8) is 0 Å². The third kappa shape index (κ3) is 3.30. The van der Waals surface area contributed by atoms with Gasteiger partial charge in [0.25, 0.3) is 0 Å². The molecule has 0 radical (unpaired) electrons. The van der Waals surface area contributed by atoms with E-state index in [1.165, 1.54) is 24.3 Å². The fraction of sp³-hybridized carbons (Fsp3) is 0. The van der Waals surface area contributed by atoms with Crippen molar-refractivity contribution in [3.8, 4) is 0 Å². The molecule has 0 aliphatic rings. The minimum Gasteiger partial charge on any atom is -0.506 e. The molecule has 0 aliphatic heterocycles. The summed E-state index contributed by atoms with van der Waals surface area (Å²) in [4.78, 5) is 15.2. The number of ketones is 1. The van der Waals surface area contributed by atoms with Gasteiger partial charge in [-0.25, -0.2) is 13.4 Å². The third-order valence-electron chi connectivity index (χ3n) is 3.19. The first-order chi connectivity index (χ1) is 11.9. The average molecular weight is 380 g/mol. The lowest BCUT2D eigenvalue weighted by Gasteiger charge is -2.05. The molecule has 0 unspecified atom stereocenters. The molecule has 0 saturated carbocycles. The zero-order valence-corrected chi connectivity index (χ0v) is 13.9. The van der Waals surface area contributed by atoms with Crippen LogP contribution in [0, 0.1) is 0 Å². The van der Waals surface area contributed by atoms with Crippen LogP contribution in [0.3, 0.4) is 0 Å². The minimum atomic E-state index is -3.98. The maximum Gasteiger partial charge on any atom is 0.226 e. The van der Waals surface area contributed by atoms with Gasteiger partial charge in [0, 0.05) is 11.1 Å². The number of rotatable bonds is 5. The van der Waals surface area contributed by atoms with E-state index in [1.807, 2.05) is 0 Å². The molecule has 2 heterocycles. The van der Waals surface area contributed by atoms with Crippen molar-refractivity contribution >= 4 is 33.0 Å². The summed E-state index contributed by atoms with van der Waals surface area (Å²) in [5, 5.41) is 22.4. The maximum atomic E-state index is 12.7. The number of nitrogens with zero attached hydrogens (tertiary/aromatic N) is 3. The van der Waals surface area contributed by atoms with E-state index in [1.54, 1.807) is 0 Å². The van der Waals surface area contributed by atoms with Gasteiger partial charge >= 0.3 is 0 Å². The van der Waals surface area contributed by atoms with Crippen LogP contribution in [0.1, 0.15) is 16.3 Å². The number of aliphatic hydroxyl groups excluding tert-OH is 1. The smallest absolute Gasteiger partial charge is 0.226 e. The van der Waals surface area contributed by atoms with E-state index in [0.29, 0.717) is 5.02 Å². The highest BCUT2D eigenvalue weighted by Gasteiger charge is 2.25. The Morgan fingerprint density at radius 3 is 2.52 bits per heavy atom. The van der Waals surface area contributed by atoms with Gasteiger partial charge in [0.15, 0.2) is 5.82 Å². The van der Waals surface area contributed by atoms with Gasteiger partial charge in [-0.2, -0.15) is 10.2 Å². The summed E-state index contributed by atoms with van der Waals surface area (Å²) in [6.07, 6.45) is 2.99. The second kappa shape index (κ2) is 6.49. The van der Waals surface area contributed by atoms with E-state index in [2.05, 4.69) is 25.4 Å². The third-order valence-corrected chi connectivity index (χ3v) is 5.22. The summed E-state index contributed by atoms with van der Waals surface area (Å²) in [6, 6.07) is 5.51. The van der Waals surface area contributed by atoms with Crippen LogP contribution in [-0.4, -0.2) is 44.7 Å². The van der Waals surface area contributed by atoms with E-state index in [0.717, 1.165) is 18.6 Å². The summed E-state index contributed by atoms with van der Waals surface area (Å²) in [7, 11) is -3.98. The summed E-state index contributed by atoms with van der Waals surface area (Å²) in [5.74, 6) is -1.39. The summed E-state index contributed by atoms with van der Waals surface area (Å²) in [5.41, 5.74) is -0.220. The SMILES string of the molecule is O=C(C=C(O)c1[nH]ncc1S(=O)(=O)c1ccc(Cl)cc1)c1ncn[nH]1. The van der Waals surface area contributed by atoms with Crippen LogP contribution in [-0.2, 0) is 9.84 Å². The van der Waals surface area contributed by atoms with Gasteiger partial charge in [-0.3, -0.25) is 15.0 Å². The Kier molecular flexibility index (Phi) is 4.38. The van der Waals surface area contributed by atoms with Crippen LogP contribution in [0.4, 0.5) is 0 Å². The van der Waals surface area contributed by atoms with Gasteiger partial charge in [0.05, 0.1) is 11.1 Å².